The predicted molar refractivity (Wildman–Crippen MR) is 82.4 cm³/mol. The summed E-state index contributed by atoms with van der Waals surface area (Å²) in [5.74, 6) is 0.639. The molecule has 4 heteroatoms. The second-order valence-electron chi connectivity index (χ2n) is 5.01. The highest BCUT2D eigenvalue weighted by atomic mass is 32.2. The van der Waals surface area contributed by atoms with E-state index in [1.165, 1.54) is 11.1 Å². The van der Waals surface area contributed by atoms with Gasteiger partial charge in [0.15, 0.2) is 0 Å². The number of hydrogen-bond acceptors (Lipinski definition) is 2. The molecule has 19 heavy (non-hydrogen) atoms. The van der Waals surface area contributed by atoms with Crippen LogP contribution < -0.4 is 0 Å². The predicted octanol–water partition coefficient (Wildman–Crippen LogP) is 2.96. The van der Waals surface area contributed by atoms with E-state index in [2.05, 4.69) is 31.8 Å². The van der Waals surface area contributed by atoms with E-state index in [9.17, 15) is 4.21 Å². The quantitative estimate of drug-likeness (QED) is 0.734. The van der Waals surface area contributed by atoms with Crippen molar-refractivity contribution in [2.24, 2.45) is 5.92 Å². The molecule has 0 saturated heterocycles. The Morgan fingerprint density at radius 2 is 2.16 bits per heavy atom. The van der Waals surface area contributed by atoms with E-state index in [0.29, 0.717) is 5.92 Å². The van der Waals surface area contributed by atoms with Gasteiger partial charge in [0.1, 0.15) is 0 Å². The van der Waals surface area contributed by atoms with Gasteiger partial charge in [-0.2, -0.15) is 0 Å². The molecule has 1 aromatic heterocycles. The van der Waals surface area contributed by atoms with Crippen molar-refractivity contribution in [1.82, 2.24) is 9.29 Å². The van der Waals surface area contributed by atoms with Gasteiger partial charge in [-0.1, -0.05) is 20.3 Å². The smallest absolute Gasteiger partial charge is 0.0910 e. The Bertz CT molecular complexity index is 409. The van der Waals surface area contributed by atoms with Crippen molar-refractivity contribution in [3.05, 3.63) is 29.6 Å². The molecule has 0 N–H and O–H groups in total. The van der Waals surface area contributed by atoms with Gasteiger partial charge in [0.2, 0.25) is 0 Å². The van der Waals surface area contributed by atoms with Crippen LogP contribution in [0.3, 0.4) is 0 Å². The molecule has 0 saturated carbocycles. The average Bonchev–Trinajstić information content (AvgIpc) is 2.39. The highest BCUT2D eigenvalue weighted by Gasteiger charge is 2.13. The second-order valence-corrected chi connectivity index (χ2v) is 6.38. The van der Waals surface area contributed by atoms with Crippen molar-refractivity contribution in [2.45, 2.75) is 40.0 Å². The minimum atomic E-state index is -0.852. The molecular formula is C15H26N2OS. The molecular weight excluding hydrogens is 256 g/mol. The molecule has 0 spiro atoms. The van der Waals surface area contributed by atoms with Gasteiger partial charge in [0.25, 0.3) is 0 Å². The molecule has 0 fully saturated rings. The van der Waals surface area contributed by atoms with Crippen LogP contribution in [0.2, 0.25) is 0 Å². The fourth-order valence-corrected chi connectivity index (χ4v) is 2.99. The normalized spacial score (nSPS) is 14.6. The maximum Gasteiger partial charge on any atom is 0.0910 e. The molecule has 1 aromatic rings. The Morgan fingerprint density at radius 3 is 2.68 bits per heavy atom. The van der Waals surface area contributed by atoms with Crippen molar-refractivity contribution in [3.63, 3.8) is 0 Å². The highest BCUT2D eigenvalue weighted by Crippen LogP contribution is 2.18. The van der Waals surface area contributed by atoms with Crippen LogP contribution in [0.15, 0.2) is 18.5 Å². The van der Waals surface area contributed by atoms with Crippen LogP contribution in [0.25, 0.3) is 0 Å². The lowest BCUT2D eigenvalue weighted by Gasteiger charge is -2.21. The third-order valence-electron chi connectivity index (χ3n) is 3.74. The molecule has 0 aliphatic carbocycles. The minimum Gasteiger partial charge on any atom is -0.264 e. The van der Waals surface area contributed by atoms with E-state index < -0.39 is 11.0 Å². The number of aromatic nitrogens is 1. The lowest BCUT2D eigenvalue weighted by atomic mass is 9.93. The lowest BCUT2D eigenvalue weighted by Crippen LogP contribution is -2.27. The SMILES string of the molecule is CCC(CCN(CC)S(C)=O)Cc1cnccc1C. The summed E-state index contributed by atoms with van der Waals surface area (Å²) in [6.45, 7) is 8.20. The number of nitrogens with zero attached hydrogens (tertiary/aromatic N) is 2. The molecule has 1 heterocycles. The monoisotopic (exact) mass is 282 g/mol. The van der Waals surface area contributed by atoms with Crippen molar-refractivity contribution in [1.29, 1.82) is 0 Å². The van der Waals surface area contributed by atoms with Crippen molar-refractivity contribution < 1.29 is 4.21 Å². The minimum absolute atomic E-state index is 0.639. The lowest BCUT2D eigenvalue weighted by molar-refractivity contribution is 0.381. The average molecular weight is 282 g/mol. The Kier molecular flexibility index (Phi) is 7.24. The first-order chi connectivity index (χ1) is 9.08. The fraction of sp³-hybridized carbons (Fsp3) is 0.667. The highest BCUT2D eigenvalue weighted by molar-refractivity contribution is 7.81. The maximum absolute atomic E-state index is 11.5. The molecule has 2 atom stereocenters. The van der Waals surface area contributed by atoms with Gasteiger partial charge >= 0.3 is 0 Å². The number of pyridine rings is 1. The first kappa shape index (κ1) is 16.3. The third-order valence-corrected chi connectivity index (χ3v) is 4.90. The first-order valence-electron chi connectivity index (χ1n) is 7.06. The largest absolute Gasteiger partial charge is 0.264 e. The van der Waals surface area contributed by atoms with E-state index in [-0.39, 0.29) is 0 Å². The van der Waals surface area contributed by atoms with Gasteiger partial charge in [0.05, 0.1) is 11.0 Å². The fourth-order valence-electron chi connectivity index (χ4n) is 2.27. The van der Waals surface area contributed by atoms with Crippen molar-refractivity contribution in [3.8, 4) is 0 Å². The molecule has 0 radical (unpaired) electrons. The molecule has 2 unspecified atom stereocenters. The Hall–Kier alpha value is -0.740. The van der Waals surface area contributed by atoms with Gasteiger partial charge < -0.3 is 0 Å². The van der Waals surface area contributed by atoms with Crippen LogP contribution in [0.1, 0.15) is 37.8 Å². The summed E-state index contributed by atoms with van der Waals surface area (Å²) in [5.41, 5.74) is 2.66. The number of aryl methyl sites for hydroxylation is 1. The second kappa shape index (κ2) is 8.43. The van der Waals surface area contributed by atoms with E-state index in [0.717, 1.165) is 32.4 Å². The van der Waals surface area contributed by atoms with Crippen LogP contribution in [-0.4, -0.2) is 32.8 Å². The summed E-state index contributed by atoms with van der Waals surface area (Å²) in [7, 11) is -0.852. The topological polar surface area (TPSA) is 33.2 Å². The summed E-state index contributed by atoms with van der Waals surface area (Å²) in [6, 6.07) is 2.07. The Labute approximate surface area is 120 Å². The molecule has 0 aliphatic rings. The van der Waals surface area contributed by atoms with Crippen LogP contribution in [0, 0.1) is 12.8 Å². The number of rotatable bonds is 8. The van der Waals surface area contributed by atoms with Gasteiger partial charge in [-0.25, -0.2) is 8.51 Å². The summed E-state index contributed by atoms with van der Waals surface area (Å²) in [5, 5.41) is 0. The summed E-state index contributed by atoms with van der Waals surface area (Å²) in [4.78, 5) is 4.21. The zero-order valence-corrected chi connectivity index (χ0v) is 13.4. The van der Waals surface area contributed by atoms with Crippen LogP contribution in [0.5, 0.6) is 0 Å². The summed E-state index contributed by atoms with van der Waals surface area (Å²) < 4.78 is 13.5. The molecule has 0 amide bonds. The van der Waals surface area contributed by atoms with Crippen molar-refractivity contribution >= 4 is 11.0 Å². The molecule has 0 aromatic carbocycles. The van der Waals surface area contributed by atoms with E-state index in [1.54, 1.807) is 6.26 Å². The molecule has 3 nitrogen and oxygen atoms in total. The molecule has 108 valence electrons. The van der Waals surface area contributed by atoms with Crippen molar-refractivity contribution in [2.75, 3.05) is 19.3 Å². The standard InChI is InChI=1S/C15H26N2OS/c1-5-14(8-10-17(6-2)19(4)18)11-15-12-16-9-7-13(15)3/h7,9,12,14H,5-6,8,10-11H2,1-4H3. The molecule has 0 aliphatic heterocycles. The zero-order valence-electron chi connectivity index (χ0n) is 12.6. The van der Waals surface area contributed by atoms with E-state index in [1.807, 2.05) is 16.7 Å². The maximum atomic E-state index is 11.5. The zero-order chi connectivity index (χ0) is 14.3. The van der Waals surface area contributed by atoms with Gasteiger partial charge in [-0.15, -0.1) is 0 Å². The van der Waals surface area contributed by atoms with Crippen LogP contribution >= 0.6 is 0 Å². The first-order valence-corrected chi connectivity index (χ1v) is 8.57. The Morgan fingerprint density at radius 1 is 1.42 bits per heavy atom. The van der Waals surface area contributed by atoms with Crippen LogP contribution in [-0.2, 0) is 17.4 Å². The van der Waals surface area contributed by atoms with Gasteiger partial charge in [-0.3, -0.25) is 4.98 Å². The molecule has 0 bridgehead atoms. The van der Waals surface area contributed by atoms with E-state index >= 15 is 0 Å². The third kappa shape index (κ3) is 5.41. The van der Waals surface area contributed by atoms with Gasteiger partial charge in [0, 0.05) is 31.7 Å². The molecule has 1 rings (SSSR count). The number of hydrogen-bond donors (Lipinski definition) is 0. The van der Waals surface area contributed by atoms with E-state index in [4.69, 9.17) is 0 Å². The van der Waals surface area contributed by atoms with Crippen LogP contribution in [0.4, 0.5) is 0 Å². The summed E-state index contributed by atoms with van der Waals surface area (Å²) in [6.07, 6.45) is 8.91. The van der Waals surface area contributed by atoms with Gasteiger partial charge in [-0.05, 0) is 42.9 Å². The Balaban J connectivity index is 2.55. The summed E-state index contributed by atoms with van der Waals surface area (Å²) >= 11 is 0.